The van der Waals surface area contributed by atoms with E-state index in [1.54, 1.807) is 6.33 Å². The van der Waals surface area contributed by atoms with Crippen LogP contribution >= 0.6 is 0 Å². The molecular formula is C16H20N6O. The van der Waals surface area contributed by atoms with Crippen molar-refractivity contribution < 1.29 is 4.74 Å². The Balaban J connectivity index is 1.53. The quantitative estimate of drug-likeness (QED) is 0.730. The van der Waals surface area contributed by atoms with Crippen molar-refractivity contribution in [2.24, 2.45) is 7.05 Å². The Morgan fingerprint density at radius 1 is 1.39 bits per heavy atom. The molecule has 3 aromatic heterocycles. The first-order valence-corrected chi connectivity index (χ1v) is 7.81. The minimum atomic E-state index is -0.0299. The van der Waals surface area contributed by atoms with Gasteiger partial charge in [-0.25, -0.2) is 4.98 Å². The largest absolute Gasteiger partial charge is 0.368 e. The molecule has 1 atom stereocenters. The van der Waals surface area contributed by atoms with Crippen molar-refractivity contribution in [1.82, 2.24) is 29.0 Å². The number of nitrogens with zero attached hydrogens (tertiary/aromatic N) is 6. The van der Waals surface area contributed by atoms with Gasteiger partial charge in [-0.05, 0) is 24.6 Å². The fourth-order valence-corrected chi connectivity index (χ4v) is 3.07. The van der Waals surface area contributed by atoms with E-state index in [9.17, 15) is 0 Å². The normalized spacial score (nSPS) is 19.5. The van der Waals surface area contributed by atoms with Crippen LogP contribution in [0.4, 0.5) is 0 Å². The molecule has 0 bridgehead atoms. The number of hydrogen-bond acceptors (Lipinski definition) is 5. The fraction of sp³-hybridized carbons (Fsp3) is 0.438. The highest BCUT2D eigenvalue weighted by molar-refractivity contribution is 5.42. The predicted molar refractivity (Wildman–Crippen MR) is 84.9 cm³/mol. The Labute approximate surface area is 134 Å². The summed E-state index contributed by atoms with van der Waals surface area (Å²) in [6.45, 7) is 5.36. The van der Waals surface area contributed by atoms with Gasteiger partial charge in [-0.2, -0.15) is 0 Å². The maximum Gasteiger partial charge on any atom is 0.163 e. The number of fused-ring (bicyclic) bond motifs is 1. The maximum absolute atomic E-state index is 5.87. The van der Waals surface area contributed by atoms with Crippen molar-refractivity contribution in [3.63, 3.8) is 0 Å². The van der Waals surface area contributed by atoms with Gasteiger partial charge >= 0.3 is 0 Å². The van der Waals surface area contributed by atoms with Crippen LogP contribution in [0.15, 0.2) is 30.9 Å². The molecule has 3 aromatic rings. The van der Waals surface area contributed by atoms with Crippen molar-refractivity contribution in [3.8, 4) is 0 Å². The summed E-state index contributed by atoms with van der Waals surface area (Å²) < 4.78 is 9.94. The summed E-state index contributed by atoms with van der Waals surface area (Å²) in [6, 6.07) is 4.21. The number of aromatic nitrogens is 5. The van der Waals surface area contributed by atoms with Crippen LogP contribution in [0.5, 0.6) is 0 Å². The number of imidazole rings is 1. The van der Waals surface area contributed by atoms with E-state index in [2.05, 4.69) is 49.7 Å². The second-order valence-electron chi connectivity index (χ2n) is 6.08. The van der Waals surface area contributed by atoms with E-state index in [1.807, 2.05) is 17.8 Å². The second-order valence-corrected chi connectivity index (χ2v) is 6.08. The molecule has 120 valence electrons. The summed E-state index contributed by atoms with van der Waals surface area (Å²) in [7, 11) is 1.95. The Hall–Kier alpha value is -2.25. The standard InChI is InChI=1S/C16H20N6O/c1-12-3-4-22-13(8-17-15(22)7-12)9-21-5-6-23-14(10-21)16-19-18-11-20(16)2/h3-4,7-8,11,14H,5-6,9-10H2,1-2H3. The molecule has 4 heterocycles. The average molecular weight is 312 g/mol. The van der Waals surface area contributed by atoms with Crippen LogP contribution in [-0.4, -0.2) is 48.7 Å². The highest BCUT2D eigenvalue weighted by Crippen LogP contribution is 2.21. The average Bonchev–Trinajstić information content (AvgIpc) is 3.14. The van der Waals surface area contributed by atoms with Crippen LogP contribution in [0.1, 0.15) is 23.2 Å². The SMILES string of the molecule is Cc1ccn2c(CN3CCOC(c4nncn4C)C3)cnc2c1. The molecule has 23 heavy (non-hydrogen) atoms. The van der Waals surface area contributed by atoms with Crippen LogP contribution in [-0.2, 0) is 18.3 Å². The fourth-order valence-electron chi connectivity index (χ4n) is 3.07. The molecule has 1 aliphatic rings. The topological polar surface area (TPSA) is 60.5 Å². The minimum Gasteiger partial charge on any atom is -0.368 e. The van der Waals surface area contributed by atoms with E-state index < -0.39 is 0 Å². The van der Waals surface area contributed by atoms with Crippen LogP contribution in [0.3, 0.4) is 0 Å². The Kier molecular flexibility index (Phi) is 3.59. The monoisotopic (exact) mass is 312 g/mol. The third-order valence-electron chi connectivity index (χ3n) is 4.32. The summed E-state index contributed by atoms with van der Waals surface area (Å²) in [6.07, 6.45) is 5.73. The summed E-state index contributed by atoms with van der Waals surface area (Å²) in [4.78, 5) is 6.89. The first-order chi connectivity index (χ1) is 11.2. The van der Waals surface area contributed by atoms with Crippen molar-refractivity contribution in [3.05, 3.63) is 47.9 Å². The van der Waals surface area contributed by atoms with E-state index in [-0.39, 0.29) is 6.10 Å². The molecule has 1 fully saturated rings. The summed E-state index contributed by atoms with van der Waals surface area (Å²) >= 11 is 0. The Morgan fingerprint density at radius 3 is 3.13 bits per heavy atom. The summed E-state index contributed by atoms with van der Waals surface area (Å²) in [5.74, 6) is 0.878. The number of hydrogen-bond donors (Lipinski definition) is 0. The van der Waals surface area contributed by atoms with Gasteiger partial charge < -0.3 is 13.7 Å². The van der Waals surface area contributed by atoms with Gasteiger partial charge in [0.25, 0.3) is 0 Å². The molecule has 4 rings (SSSR count). The zero-order valence-corrected chi connectivity index (χ0v) is 13.4. The maximum atomic E-state index is 5.87. The number of ether oxygens (including phenoxy) is 1. The third kappa shape index (κ3) is 2.73. The molecule has 1 saturated heterocycles. The Morgan fingerprint density at radius 2 is 2.30 bits per heavy atom. The van der Waals surface area contributed by atoms with Gasteiger partial charge in [0, 0.05) is 32.9 Å². The van der Waals surface area contributed by atoms with Crippen LogP contribution in [0, 0.1) is 6.92 Å². The van der Waals surface area contributed by atoms with Gasteiger partial charge in [-0.1, -0.05) is 0 Å². The first kappa shape index (κ1) is 14.3. The van der Waals surface area contributed by atoms with Gasteiger partial charge in [0.05, 0.1) is 18.5 Å². The molecular weight excluding hydrogens is 292 g/mol. The smallest absolute Gasteiger partial charge is 0.163 e. The molecule has 1 aliphatic heterocycles. The highest BCUT2D eigenvalue weighted by Gasteiger charge is 2.26. The van der Waals surface area contributed by atoms with E-state index in [1.165, 1.54) is 11.3 Å². The van der Waals surface area contributed by atoms with Crippen molar-refractivity contribution in [2.75, 3.05) is 19.7 Å². The molecule has 1 unspecified atom stereocenters. The lowest BCUT2D eigenvalue weighted by atomic mass is 10.2. The van der Waals surface area contributed by atoms with E-state index >= 15 is 0 Å². The molecule has 0 aromatic carbocycles. The third-order valence-corrected chi connectivity index (χ3v) is 4.32. The van der Waals surface area contributed by atoms with Gasteiger partial charge in [0.2, 0.25) is 0 Å². The van der Waals surface area contributed by atoms with Crippen LogP contribution in [0.25, 0.3) is 5.65 Å². The number of aryl methyl sites for hydroxylation is 2. The molecule has 0 amide bonds. The van der Waals surface area contributed by atoms with Crippen LogP contribution < -0.4 is 0 Å². The minimum absolute atomic E-state index is 0.0299. The number of rotatable bonds is 3. The summed E-state index contributed by atoms with van der Waals surface area (Å²) in [5, 5.41) is 8.12. The molecule has 0 spiro atoms. The number of morpholine rings is 1. The first-order valence-electron chi connectivity index (χ1n) is 7.81. The molecule has 0 saturated carbocycles. The predicted octanol–water partition coefficient (Wildman–Crippen LogP) is 1.34. The van der Waals surface area contributed by atoms with E-state index in [0.29, 0.717) is 6.61 Å². The lowest BCUT2D eigenvalue weighted by molar-refractivity contribution is -0.0389. The highest BCUT2D eigenvalue weighted by atomic mass is 16.5. The second kappa shape index (κ2) is 5.75. The Bertz CT molecular complexity index is 823. The molecule has 7 heteroatoms. The summed E-state index contributed by atoms with van der Waals surface area (Å²) in [5.41, 5.74) is 3.42. The van der Waals surface area contributed by atoms with Crippen molar-refractivity contribution in [1.29, 1.82) is 0 Å². The van der Waals surface area contributed by atoms with Crippen LogP contribution in [0.2, 0.25) is 0 Å². The van der Waals surface area contributed by atoms with E-state index in [4.69, 9.17) is 4.74 Å². The zero-order valence-electron chi connectivity index (χ0n) is 13.4. The van der Waals surface area contributed by atoms with Gasteiger partial charge in [0.1, 0.15) is 18.1 Å². The van der Waals surface area contributed by atoms with E-state index in [0.717, 1.165) is 31.1 Å². The molecule has 7 nitrogen and oxygen atoms in total. The lowest BCUT2D eigenvalue weighted by Gasteiger charge is -2.32. The van der Waals surface area contributed by atoms with Gasteiger partial charge in [-0.15, -0.1) is 10.2 Å². The van der Waals surface area contributed by atoms with Gasteiger partial charge in [0.15, 0.2) is 5.82 Å². The molecule has 0 aliphatic carbocycles. The number of pyridine rings is 1. The lowest BCUT2D eigenvalue weighted by Crippen LogP contribution is -2.38. The van der Waals surface area contributed by atoms with Crippen molar-refractivity contribution >= 4 is 5.65 Å². The molecule has 0 radical (unpaired) electrons. The molecule has 0 N–H and O–H groups in total. The van der Waals surface area contributed by atoms with Crippen molar-refractivity contribution in [2.45, 2.75) is 19.6 Å². The van der Waals surface area contributed by atoms with Gasteiger partial charge in [-0.3, -0.25) is 4.90 Å². The zero-order chi connectivity index (χ0) is 15.8.